The van der Waals surface area contributed by atoms with Gasteiger partial charge < -0.3 is 19.8 Å². The van der Waals surface area contributed by atoms with Gasteiger partial charge in [-0.15, -0.1) is 0 Å². The van der Waals surface area contributed by atoms with Gasteiger partial charge in [0.15, 0.2) is 6.61 Å². The van der Waals surface area contributed by atoms with E-state index in [1.807, 2.05) is 0 Å². The number of benzene rings is 1. The van der Waals surface area contributed by atoms with Crippen molar-refractivity contribution in [2.24, 2.45) is 11.7 Å². The van der Waals surface area contributed by atoms with Crippen LogP contribution in [-0.4, -0.2) is 37.0 Å². The Morgan fingerprint density at radius 1 is 1.36 bits per heavy atom. The molecule has 3 rings (SSSR count). The lowest BCUT2D eigenvalue weighted by atomic mass is 10.1. The smallest absolute Gasteiger partial charge is 0.336 e. The summed E-state index contributed by atoms with van der Waals surface area (Å²) in [5, 5.41) is 0.809. The second-order valence-corrected chi connectivity index (χ2v) is 5.47. The molecule has 1 aliphatic heterocycles. The number of likely N-dealkylation sites (tertiary alicyclic amines) is 1. The summed E-state index contributed by atoms with van der Waals surface area (Å²) in [4.78, 5) is 25.1. The Hall–Kier alpha value is -2.34. The molecule has 2 heterocycles. The highest BCUT2D eigenvalue weighted by Gasteiger charge is 2.25. The minimum atomic E-state index is -0.411. The van der Waals surface area contributed by atoms with Gasteiger partial charge in [-0.1, -0.05) is 0 Å². The normalized spacial score (nSPS) is 17.9. The second kappa shape index (κ2) is 6.19. The first kappa shape index (κ1) is 14.6. The lowest BCUT2D eigenvalue weighted by Crippen LogP contribution is -2.33. The van der Waals surface area contributed by atoms with Crippen molar-refractivity contribution in [1.29, 1.82) is 0 Å². The zero-order valence-corrected chi connectivity index (χ0v) is 12.2. The minimum absolute atomic E-state index is 0.0279. The molecule has 6 heteroatoms. The Kier molecular flexibility index (Phi) is 4.11. The van der Waals surface area contributed by atoms with Crippen LogP contribution in [0.4, 0.5) is 0 Å². The van der Waals surface area contributed by atoms with Gasteiger partial charge in [-0.25, -0.2) is 4.79 Å². The van der Waals surface area contributed by atoms with Crippen molar-refractivity contribution < 1.29 is 13.9 Å². The number of hydrogen-bond donors (Lipinski definition) is 1. The van der Waals surface area contributed by atoms with Crippen molar-refractivity contribution >= 4 is 16.9 Å². The molecule has 0 radical (unpaired) electrons. The Morgan fingerprint density at radius 3 is 2.95 bits per heavy atom. The first-order valence-corrected chi connectivity index (χ1v) is 7.30. The van der Waals surface area contributed by atoms with E-state index in [2.05, 4.69) is 0 Å². The number of nitrogens with two attached hydrogens (primary N) is 1. The molecule has 6 nitrogen and oxygen atoms in total. The van der Waals surface area contributed by atoms with Crippen molar-refractivity contribution in [3.05, 3.63) is 40.8 Å². The third-order valence-electron chi connectivity index (χ3n) is 3.93. The topological polar surface area (TPSA) is 85.8 Å². The average molecular weight is 302 g/mol. The standard InChI is InChI=1S/C16H18N2O4/c17-8-11-5-6-18(9-11)15(19)10-21-13-3-1-12-2-4-16(20)22-14(12)7-13/h1-4,7,11H,5-6,8-10,17H2. The molecule has 1 aliphatic rings. The van der Waals surface area contributed by atoms with Gasteiger partial charge >= 0.3 is 5.63 Å². The van der Waals surface area contributed by atoms with E-state index in [0.717, 1.165) is 18.4 Å². The average Bonchev–Trinajstić information content (AvgIpc) is 3.01. The number of rotatable bonds is 4. The van der Waals surface area contributed by atoms with Crippen LogP contribution in [0.1, 0.15) is 6.42 Å². The Balaban J connectivity index is 1.64. The Bertz CT molecular complexity index is 740. The number of carbonyl (C=O) groups is 1. The van der Waals surface area contributed by atoms with Crippen LogP contribution in [0.2, 0.25) is 0 Å². The summed E-state index contributed by atoms with van der Waals surface area (Å²) < 4.78 is 10.6. The van der Waals surface area contributed by atoms with Crippen LogP contribution in [0.25, 0.3) is 11.0 Å². The van der Waals surface area contributed by atoms with Gasteiger partial charge in [-0.3, -0.25) is 4.79 Å². The first-order chi connectivity index (χ1) is 10.7. The maximum Gasteiger partial charge on any atom is 0.336 e. The zero-order valence-electron chi connectivity index (χ0n) is 12.2. The van der Waals surface area contributed by atoms with E-state index < -0.39 is 5.63 Å². The van der Waals surface area contributed by atoms with Gasteiger partial charge in [0, 0.05) is 30.6 Å². The highest BCUT2D eigenvalue weighted by Crippen LogP contribution is 2.20. The summed E-state index contributed by atoms with van der Waals surface area (Å²) in [7, 11) is 0. The molecule has 1 saturated heterocycles. The Labute approximate surface area is 127 Å². The molecular weight excluding hydrogens is 284 g/mol. The molecule has 2 N–H and O–H groups in total. The summed E-state index contributed by atoms with van der Waals surface area (Å²) in [5.74, 6) is 0.842. The molecule has 1 fully saturated rings. The molecule has 1 amide bonds. The third kappa shape index (κ3) is 3.12. The van der Waals surface area contributed by atoms with Crippen LogP contribution in [0.5, 0.6) is 5.75 Å². The lowest BCUT2D eigenvalue weighted by molar-refractivity contribution is -0.132. The van der Waals surface area contributed by atoms with E-state index in [1.165, 1.54) is 6.07 Å². The van der Waals surface area contributed by atoms with Crippen molar-refractivity contribution in [2.45, 2.75) is 6.42 Å². The summed E-state index contributed by atoms with van der Waals surface area (Å²) in [6.45, 7) is 2.01. The number of ether oxygens (including phenoxy) is 1. The van der Waals surface area contributed by atoms with Crippen molar-refractivity contribution in [3.8, 4) is 5.75 Å². The molecule has 2 aromatic rings. The molecule has 0 aliphatic carbocycles. The Morgan fingerprint density at radius 2 is 2.18 bits per heavy atom. The third-order valence-corrected chi connectivity index (χ3v) is 3.93. The van der Waals surface area contributed by atoms with Crippen LogP contribution in [0.15, 0.2) is 39.5 Å². The number of hydrogen-bond acceptors (Lipinski definition) is 5. The van der Waals surface area contributed by atoms with Gasteiger partial charge in [0.2, 0.25) is 0 Å². The highest BCUT2D eigenvalue weighted by molar-refractivity contribution is 5.79. The van der Waals surface area contributed by atoms with Crippen molar-refractivity contribution in [3.63, 3.8) is 0 Å². The van der Waals surface area contributed by atoms with Crippen molar-refractivity contribution in [2.75, 3.05) is 26.2 Å². The number of nitrogens with zero attached hydrogens (tertiary/aromatic N) is 1. The van der Waals surface area contributed by atoms with Crippen LogP contribution in [-0.2, 0) is 4.79 Å². The van der Waals surface area contributed by atoms with Gasteiger partial charge in [-0.2, -0.15) is 0 Å². The fraction of sp³-hybridized carbons (Fsp3) is 0.375. The first-order valence-electron chi connectivity index (χ1n) is 7.30. The molecular formula is C16H18N2O4. The predicted molar refractivity (Wildman–Crippen MR) is 81.7 cm³/mol. The molecule has 0 saturated carbocycles. The van der Waals surface area contributed by atoms with Crippen LogP contribution in [0.3, 0.4) is 0 Å². The molecule has 0 bridgehead atoms. The molecule has 1 aromatic carbocycles. The van der Waals surface area contributed by atoms with Crippen LogP contribution in [0, 0.1) is 5.92 Å². The predicted octanol–water partition coefficient (Wildman–Crippen LogP) is 0.979. The minimum Gasteiger partial charge on any atom is -0.484 e. The van der Waals surface area contributed by atoms with E-state index in [4.69, 9.17) is 14.9 Å². The number of amides is 1. The molecule has 22 heavy (non-hydrogen) atoms. The zero-order chi connectivity index (χ0) is 15.5. The largest absolute Gasteiger partial charge is 0.484 e. The van der Waals surface area contributed by atoms with Crippen LogP contribution < -0.4 is 16.1 Å². The van der Waals surface area contributed by atoms with Crippen molar-refractivity contribution in [1.82, 2.24) is 4.90 Å². The maximum atomic E-state index is 12.1. The molecule has 1 atom stereocenters. The lowest BCUT2D eigenvalue weighted by Gasteiger charge is -2.16. The van der Waals surface area contributed by atoms with E-state index >= 15 is 0 Å². The highest BCUT2D eigenvalue weighted by atomic mass is 16.5. The molecule has 1 unspecified atom stereocenters. The summed E-state index contributed by atoms with van der Waals surface area (Å²) in [5.41, 5.74) is 5.66. The number of fused-ring (bicyclic) bond motifs is 1. The van der Waals surface area contributed by atoms with Crippen LogP contribution >= 0.6 is 0 Å². The SMILES string of the molecule is NCC1CCN(C(=O)COc2ccc3ccc(=O)oc3c2)C1. The second-order valence-electron chi connectivity index (χ2n) is 5.47. The maximum absolute atomic E-state index is 12.1. The van der Waals surface area contributed by atoms with E-state index in [1.54, 1.807) is 29.2 Å². The molecule has 0 spiro atoms. The summed E-state index contributed by atoms with van der Waals surface area (Å²) in [6, 6.07) is 8.22. The van der Waals surface area contributed by atoms with E-state index in [9.17, 15) is 9.59 Å². The molecule has 1 aromatic heterocycles. The summed E-state index contributed by atoms with van der Waals surface area (Å²) in [6.07, 6.45) is 0.948. The fourth-order valence-corrected chi connectivity index (χ4v) is 2.62. The van der Waals surface area contributed by atoms with E-state index in [0.29, 0.717) is 30.3 Å². The fourth-order valence-electron chi connectivity index (χ4n) is 2.62. The monoisotopic (exact) mass is 302 g/mol. The van der Waals surface area contributed by atoms with Gasteiger partial charge in [-0.05, 0) is 37.1 Å². The quantitative estimate of drug-likeness (QED) is 0.851. The molecule has 116 valence electrons. The number of carbonyl (C=O) groups excluding carboxylic acids is 1. The summed E-state index contributed by atoms with van der Waals surface area (Å²) >= 11 is 0. The van der Waals surface area contributed by atoms with Gasteiger partial charge in [0.05, 0.1) is 0 Å². The van der Waals surface area contributed by atoms with Gasteiger partial charge in [0.1, 0.15) is 11.3 Å². The van der Waals surface area contributed by atoms with Gasteiger partial charge in [0.25, 0.3) is 5.91 Å². The van der Waals surface area contributed by atoms with E-state index in [-0.39, 0.29) is 12.5 Å².